The number of hydrogen-bond acceptors (Lipinski definition) is 1. The molecule has 3 nitrogen and oxygen atoms in total. The van der Waals surface area contributed by atoms with Crippen molar-refractivity contribution in [3.8, 4) is 0 Å². The summed E-state index contributed by atoms with van der Waals surface area (Å²) in [5.74, 6) is 1.86. The molecule has 1 aliphatic rings. The van der Waals surface area contributed by atoms with Gasteiger partial charge < -0.3 is 10.6 Å². The lowest BCUT2D eigenvalue weighted by atomic mass is 9.83. The fourth-order valence-electron chi connectivity index (χ4n) is 2.06. The predicted octanol–water partition coefficient (Wildman–Crippen LogP) is 1.68. The van der Waals surface area contributed by atoms with Crippen molar-refractivity contribution in [2.45, 2.75) is 27.2 Å². The summed E-state index contributed by atoms with van der Waals surface area (Å²) in [6.07, 6.45) is 1.22. The largest absolute Gasteiger partial charge is 0.351 e. The van der Waals surface area contributed by atoms with Crippen molar-refractivity contribution in [2.75, 3.05) is 13.1 Å². The second kappa shape index (κ2) is 3.99. The van der Waals surface area contributed by atoms with Gasteiger partial charge in [0.15, 0.2) is 0 Å². The third kappa shape index (κ3) is 2.61. The second-order valence-corrected chi connectivity index (χ2v) is 4.59. The summed E-state index contributed by atoms with van der Waals surface area (Å²) in [5.41, 5.74) is 5.28. The number of primary amides is 1. The molecule has 0 spiro atoms. The van der Waals surface area contributed by atoms with Gasteiger partial charge in [-0.05, 0) is 24.2 Å². The lowest BCUT2D eigenvalue weighted by molar-refractivity contribution is 0.127. The van der Waals surface area contributed by atoms with Crippen LogP contribution in [0.15, 0.2) is 0 Å². The first-order chi connectivity index (χ1) is 6.00. The zero-order valence-corrected chi connectivity index (χ0v) is 8.79. The number of nitrogens with two attached hydrogens (primary N) is 1. The highest BCUT2D eigenvalue weighted by Gasteiger charge is 2.28. The minimum absolute atomic E-state index is 0.266. The first kappa shape index (κ1) is 10.4. The van der Waals surface area contributed by atoms with Gasteiger partial charge in [-0.3, -0.25) is 0 Å². The van der Waals surface area contributed by atoms with Crippen molar-refractivity contribution >= 4 is 6.03 Å². The predicted molar refractivity (Wildman–Crippen MR) is 53.3 cm³/mol. The molecule has 1 heterocycles. The first-order valence-electron chi connectivity index (χ1n) is 5.05. The minimum atomic E-state index is -0.266. The van der Waals surface area contributed by atoms with Gasteiger partial charge in [-0.15, -0.1) is 0 Å². The molecule has 0 radical (unpaired) electrons. The Morgan fingerprint density at radius 3 is 2.54 bits per heavy atom. The smallest absolute Gasteiger partial charge is 0.314 e. The zero-order valence-electron chi connectivity index (χ0n) is 8.79. The van der Waals surface area contributed by atoms with E-state index in [2.05, 4.69) is 20.8 Å². The van der Waals surface area contributed by atoms with Crippen LogP contribution < -0.4 is 5.73 Å². The van der Waals surface area contributed by atoms with Crippen molar-refractivity contribution in [3.05, 3.63) is 0 Å². The van der Waals surface area contributed by atoms with Gasteiger partial charge in [0, 0.05) is 13.1 Å². The molecule has 2 unspecified atom stereocenters. The zero-order chi connectivity index (χ0) is 10.0. The number of hydrogen-bond donors (Lipinski definition) is 1. The van der Waals surface area contributed by atoms with E-state index in [1.165, 1.54) is 6.42 Å². The summed E-state index contributed by atoms with van der Waals surface area (Å²) in [6.45, 7) is 8.28. The molecule has 1 rings (SSSR count). The molecule has 0 bridgehead atoms. The Labute approximate surface area is 80.3 Å². The summed E-state index contributed by atoms with van der Waals surface area (Å²) < 4.78 is 0. The van der Waals surface area contributed by atoms with E-state index in [0.29, 0.717) is 17.8 Å². The SMILES string of the molecule is CC1CC(C(C)C)CN(C(N)=O)C1. The number of carbonyl (C=O) groups is 1. The summed E-state index contributed by atoms with van der Waals surface area (Å²) in [4.78, 5) is 12.8. The van der Waals surface area contributed by atoms with Crippen LogP contribution in [0.25, 0.3) is 0 Å². The molecule has 2 amide bonds. The van der Waals surface area contributed by atoms with Crippen LogP contribution in [0.3, 0.4) is 0 Å². The van der Waals surface area contributed by atoms with Gasteiger partial charge in [0.1, 0.15) is 0 Å². The summed E-state index contributed by atoms with van der Waals surface area (Å²) in [7, 11) is 0. The third-order valence-electron chi connectivity index (χ3n) is 2.95. The van der Waals surface area contributed by atoms with Gasteiger partial charge in [-0.2, -0.15) is 0 Å². The van der Waals surface area contributed by atoms with Crippen LogP contribution in [0.1, 0.15) is 27.2 Å². The van der Waals surface area contributed by atoms with Gasteiger partial charge in [-0.25, -0.2) is 4.79 Å². The number of nitrogens with zero attached hydrogens (tertiary/aromatic N) is 1. The number of likely N-dealkylation sites (tertiary alicyclic amines) is 1. The highest BCUT2D eigenvalue weighted by molar-refractivity contribution is 5.72. The molecule has 2 N–H and O–H groups in total. The number of rotatable bonds is 1. The summed E-state index contributed by atoms with van der Waals surface area (Å²) in [6, 6.07) is -0.266. The highest BCUT2D eigenvalue weighted by atomic mass is 16.2. The second-order valence-electron chi connectivity index (χ2n) is 4.59. The van der Waals surface area contributed by atoms with Gasteiger partial charge in [-0.1, -0.05) is 20.8 Å². The molecule has 1 saturated heterocycles. The van der Waals surface area contributed by atoms with Crippen LogP contribution in [0.2, 0.25) is 0 Å². The quantitative estimate of drug-likeness (QED) is 0.662. The lowest BCUT2D eigenvalue weighted by Gasteiger charge is -2.37. The average Bonchev–Trinajstić information content (AvgIpc) is 2.03. The Bertz CT molecular complexity index is 191. The summed E-state index contributed by atoms with van der Waals surface area (Å²) >= 11 is 0. The van der Waals surface area contributed by atoms with Crippen LogP contribution in [0, 0.1) is 17.8 Å². The molecular weight excluding hydrogens is 164 g/mol. The number of piperidine rings is 1. The van der Waals surface area contributed by atoms with Crippen molar-refractivity contribution in [1.29, 1.82) is 0 Å². The van der Waals surface area contributed by atoms with E-state index in [9.17, 15) is 4.79 Å². The lowest BCUT2D eigenvalue weighted by Crippen LogP contribution is -2.46. The minimum Gasteiger partial charge on any atom is -0.351 e. The molecule has 0 aromatic rings. The monoisotopic (exact) mass is 184 g/mol. The summed E-state index contributed by atoms with van der Waals surface area (Å²) in [5, 5.41) is 0. The highest BCUT2D eigenvalue weighted by Crippen LogP contribution is 2.26. The van der Waals surface area contributed by atoms with Crippen molar-refractivity contribution in [1.82, 2.24) is 4.90 Å². The topological polar surface area (TPSA) is 46.3 Å². The van der Waals surface area contributed by atoms with E-state index >= 15 is 0 Å². The van der Waals surface area contributed by atoms with Crippen molar-refractivity contribution in [2.24, 2.45) is 23.5 Å². The Hall–Kier alpha value is -0.730. The number of urea groups is 1. The Morgan fingerprint density at radius 2 is 2.08 bits per heavy atom. The van der Waals surface area contributed by atoms with Crippen LogP contribution >= 0.6 is 0 Å². The van der Waals surface area contributed by atoms with E-state index in [1.807, 2.05) is 0 Å². The first-order valence-corrected chi connectivity index (χ1v) is 5.05. The third-order valence-corrected chi connectivity index (χ3v) is 2.95. The molecular formula is C10H20N2O. The van der Waals surface area contributed by atoms with Crippen molar-refractivity contribution < 1.29 is 4.79 Å². The number of carbonyl (C=O) groups excluding carboxylic acids is 1. The Kier molecular flexibility index (Phi) is 3.17. The molecule has 2 atom stereocenters. The average molecular weight is 184 g/mol. The van der Waals surface area contributed by atoms with Crippen LogP contribution in [0.5, 0.6) is 0 Å². The maximum atomic E-state index is 11.0. The molecule has 3 heteroatoms. The van der Waals surface area contributed by atoms with Crippen LogP contribution in [-0.4, -0.2) is 24.0 Å². The fraction of sp³-hybridized carbons (Fsp3) is 0.900. The van der Waals surface area contributed by atoms with Crippen LogP contribution in [0.4, 0.5) is 4.79 Å². The molecule has 13 heavy (non-hydrogen) atoms. The Morgan fingerprint density at radius 1 is 1.46 bits per heavy atom. The molecule has 1 aliphatic heterocycles. The standard InChI is InChI=1S/C10H20N2O/c1-7(2)9-4-8(3)5-12(6-9)10(11)13/h7-9H,4-6H2,1-3H3,(H2,11,13). The van der Waals surface area contributed by atoms with Gasteiger partial charge in [0.05, 0.1) is 0 Å². The maximum Gasteiger partial charge on any atom is 0.314 e. The van der Waals surface area contributed by atoms with Gasteiger partial charge in [0.2, 0.25) is 0 Å². The normalized spacial score (nSPS) is 29.4. The molecule has 0 saturated carbocycles. The molecule has 0 aromatic carbocycles. The van der Waals surface area contributed by atoms with Crippen molar-refractivity contribution in [3.63, 3.8) is 0 Å². The van der Waals surface area contributed by atoms with E-state index < -0.39 is 0 Å². The fourth-order valence-corrected chi connectivity index (χ4v) is 2.06. The van der Waals surface area contributed by atoms with Gasteiger partial charge in [0.25, 0.3) is 0 Å². The number of amides is 2. The van der Waals surface area contributed by atoms with Crippen LogP contribution in [-0.2, 0) is 0 Å². The van der Waals surface area contributed by atoms with E-state index in [0.717, 1.165) is 13.1 Å². The molecule has 76 valence electrons. The maximum absolute atomic E-state index is 11.0. The molecule has 1 fully saturated rings. The van der Waals surface area contributed by atoms with E-state index in [-0.39, 0.29) is 6.03 Å². The molecule has 0 aromatic heterocycles. The Balaban J connectivity index is 2.57. The van der Waals surface area contributed by atoms with Gasteiger partial charge >= 0.3 is 6.03 Å². The molecule has 0 aliphatic carbocycles. The van der Waals surface area contributed by atoms with E-state index in [4.69, 9.17) is 5.73 Å². The van der Waals surface area contributed by atoms with E-state index in [1.54, 1.807) is 4.90 Å².